The normalized spacial score (nSPS) is 12.4. The summed E-state index contributed by atoms with van der Waals surface area (Å²) in [6, 6.07) is 0. The molecule has 0 spiro atoms. The fourth-order valence-electron chi connectivity index (χ4n) is 5.86. The molecule has 0 aliphatic heterocycles. The molecule has 1 aromatic rings. The second-order valence-electron chi connectivity index (χ2n) is 10.8. The molecule has 1 aromatic heterocycles. The van der Waals surface area contributed by atoms with E-state index in [0.29, 0.717) is 0 Å². The Hall–Kier alpha value is 1.03. The van der Waals surface area contributed by atoms with Gasteiger partial charge in [0.1, 0.15) is 0 Å². The zero-order valence-corrected chi connectivity index (χ0v) is 30.6. The van der Waals surface area contributed by atoms with Gasteiger partial charge in [-0.15, -0.1) is 0 Å². The quantitative estimate of drug-likeness (QED) is 0.0725. The summed E-state index contributed by atoms with van der Waals surface area (Å²) >= 11 is -3.48. The number of aromatic nitrogens is 2. The van der Waals surface area contributed by atoms with Crippen LogP contribution in [0.4, 0.5) is 0 Å². The summed E-state index contributed by atoms with van der Waals surface area (Å²) in [5.74, 6) is 0. The average molecular weight is 704 g/mol. The van der Waals surface area contributed by atoms with E-state index in [1.54, 1.807) is 15.5 Å². The molecule has 0 aliphatic carbocycles. The molecule has 2 nitrogen and oxygen atoms in total. The van der Waals surface area contributed by atoms with E-state index in [-0.39, 0.29) is 0 Å². The molecule has 0 N–H and O–H groups in total. The Kier molecular flexibility index (Phi) is 18.6. The molecule has 0 amide bonds. The van der Waals surface area contributed by atoms with Crippen molar-refractivity contribution in [3.05, 3.63) is 6.20 Å². The molecule has 5 heteroatoms. The van der Waals surface area contributed by atoms with Crippen molar-refractivity contribution >= 4 is 55.8 Å². The monoisotopic (exact) mass is 706 g/mol. The summed E-state index contributed by atoms with van der Waals surface area (Å²) in [7, 11) is 0. The van der Waals surface area contributed by atoms with Crippen LogP contribution in [0.1, 0.15) is 119 Å². The van der Waals surface area contributed by atoms with Gasteiger partial charge in [-0.05, 0) is 0 Å². The van der Waals surface area contributed by atoms with Crippen molar-refractivity contribution < 1.29 is 0 Å². The van der Waals surface area contributed by atoms with Crippen LogP contribution in [-0.4, -0.2) is 53.0 Å². The van der Waals surface area contributed by atoms with Crippen LogP contribution in [0, 0.1) is 0 Å². The summed E-state index contributed by atoms with van der Waals surface area (Å²) in [5.41, 5.74) is 0. The Balaban J connectivity index is 3.84. The van der Waals surface area contributed by atoms with Crippen molar-refractivity contribution in [2.24, 2.45) is 0 Å². The van der Waals surface area contributed by atoms with Gasteiger partial charge in [0.15, 0.2) is 0 Å². The molecular formula is C29H58N2SSn2. The Morgan fingerprint density at radius 2 is 0.941 bits per heavy atom. The van der Waals surface area contributed by atoms with Crippen LogP contribution in [0.5, 0.6) is 0 Å². The second-order valence-corrected chi connectivity index (χ2v) is 37.6. The number of hydrogen-bond donors (Lipinski definition) is 0. The number of nitrogens with zero attached hydrogens (tertiary/aromatic N) is 2. The first-order valence-electron chi connectivity index (χ1n) is 14.9. The molecule has 34 heavy (non-hydrogen) atoms. The van der Waals surface area contributed by atoms with E-state index in [2.05, 4.69) is 54.0 Å². The van der Waals surface area contributed by atoms with E-state index in [1.165, 1.54) is 104 Å². The van der Waals surface area contributed by atoms with Crippen LogP contribution in [0.15, 0.2) is 11.4 Å². The summed E-state index contributed by atoms with van der Waals surface area (Å²) in [6.07, 6.45) is 21.2. The van der Waals surface area contributed by atoms with Gasteiger partial charge in [-0.1, -0.05) is 0 Å². The fraction of sp³-hybridized carbons (Fsp3) is 0.862. The number of thioether (sulfide) groups is 1. The van der Waals surface area contributed by atoms with Gasteiger partial charge in [0.25, 0.3) is 0 Å². The number of rotatable bonds is 21. The van der Waals surface area contributed by atoms with Crippen LogP contribution in [0.25, 0.3) is 0 Å². The molecule has 0 bridgehead atoms. The van der Waals surface area contributed by atoms with Gasteiger partial charge in [0.05, 0.1) is 0 Å². The predicted molar refractivity (Wildman–Crippen MR) is 163 cm³/mol. The third-order valence-corrected chi connectivity index (χ3v) is 41.4. The summed E-state index contributed by atoms with van der Waals surface area (Å²) < 4.78 is 12.8. The zero-order chi connectivity index (χ0) is 25.3. The van der Waals surface area contributed by atoms with Gasteiger partial charge in [-0.3, -0.25) is 0 Å². The van der Waals surface area contributed by atoms with Crippen LogP contribution >= 0.6 is 11.8 Å². The molecule has 0 atom stereocenters. The van der Waals surface area contributed by atoms with E-state index < -0.39 is 36.8 Å². The van der Waals surface area contributed by atoms with E-state index in [4.69, 9.17) is 9.97 Å². The van der Waals surface area contributed by atoms with Crippen LogP contribution in [-0.2, 0) is 0 Å². The standard InChI is InChI=1S/C5H4N2S.6C4H9.2Sn/c1-8-5-6-3-2-4-7-5;6*1-3-4-2;;/h3H,1H3;6*1,3-4H2,2H3;;. The first kappa shape index (κ1) is 33.1. The first-order valence-corrected chi connectivity index (χ1v) is 31.1. The summed E-state index contributed by atoms with van der Waals surface area (Å²) in [5, 5.41) is 1.06. The Morgan fingerprint density at radius 3 is 1.26 bits per heavy atom. The van der Waals surface area contributed by atoms with Gasteiger partial charge in [-0.2, -0.15) is 0 Å². The minimum absolute atomic E-state index is 1.06. The van der Waals surface area contributed by atoms with E-state index in [0.717, 1.165) is 5.16 Å². The minimum atomic E-state index is -2.65. The summed E-state index contributed by atoms with van der Waals surface area (Å²) in [6.45, 7) is 14.4. The third-order valence-electron chi connectivity index (χ3n) is 8.08. The molecular weight excluding hydrogens is 646 g/mol. The Bertz CT molecular complexity index is 609. The average Bonchev–Trinajstić information content (AvgIpc) is 2.88. The van der Waals surface area contributed by atoms with Gasteiger partial charge < -0.3 is 0 Å². The molecule has 0 saturated heterocycles. The number of hydrogen-bond acceptors (Lipinski definition) is 3. The molecule has 0 aromatic carbocycles. The van der Waals surface area contributed by atoms with E-state index in [9.17, 15) is 0 Å². The molecule has 0 aliphatic rings. The van der Waals surface area contributed by atoms with Crippen molar-refractivity contribution in [1.29, 1.82) is 0 Å². The Morgan fingerprint density at radius 1 is 0.588 bits per heavy atom. The zero-order valence-electron chi connectivity index (χ0n) is 24.1. The van der Waals surface area contributed by atoms with E-state index >= 15 is 0 Å². The first-order chi connectivity index (χ1) is 16.5. The van der Waals surface area contributed by atoms with Gasteiger partial charge in [-0.25, -0.2) is 0 Å². The van der Waals surface area contributed by atoms with E-state index in [1.807, 2.05) is 3.58 Å². The SMILES string of the molecule is CCC[CH2][Sn]([CH2]CCC)([CH2]CCC)[c]1cnc(SC)n[c]1[Sn]([CH2]CCC)([CH2]CCC)[CH2]CCC. The fourth-order valence-corrected chi connectivity index (χ4v) is 48.2. The molecule has 1 rings (SSSR count). The van der Waals surface area contributed by atoms with Crippen molar-refractivity contribution in [2.45, 2.75) is 150 Å². The topological polar surface area (TPSA) is 25.8 Å². The maximum atomic E-state index is 5.61. The summed E-state index contributed by atoms with van der Waals surface area (Å²) in [4.78, 5) is 10.7. The molecule has 0 radical (unpaired) electrons. The van der Waals surface area contributed by atoms with Crippen molar-refractivity contribution in [1.82, 2.24) is 9.97 Å². The predicted octanol–water partition coefficient (Wildman–Crippen LogP) is 9.31. The maximum absolute atomic E-state index is 5.61. The van der Waals surface area contributed by atoms with Gasteiger partial charge in [0.2, 0.25) is 0 Å². The Labute approximate surface area is 226 Å². The van der Waals surface area contributed by atoms with Crippen molar-refractivity contribution in [3.8, 4) is 0 Å². The second kappa shape index (κ2) is 19.1. The molecule has 0 fully saturated rings. The van der Waals surface area contributed by atoms with Gasteiger partial charge in [0, 0.05) is 0 Å². The van der Waals surface area contributed by atoms with Crippen molar-refractivity contribution in [2.75, 3.05) is 6.26 Å². The molecule has 198 valence electrons. The molecule has 1 heterocycles. The van der Waals surface area contributed by atoms with Crippen molar-refractivity contribution in [3.63, 3.8) is 0 Å². The van der Waals surface area contributed by atoms with Gasteiger partial charge >= 0.3 is 229 Å². The third kappa shape index (κ3) is 10.1. The van der Waals surface area contributed by atoms with Crippen LogP contribution in [0.3, 0.4) is 0 Å². The molecule has 0 unspecified atom stereocenters. The van der Waals surface area contributed by atoms with Crippen LogP contribution < -0.4 is 7.29 Å². The molecule has 0 saturated carbocycles. The van der Waals surface area contributed by atoms with Crippen LogP contribution in [0.2, 0.25) is 26.6 Å². The number of unbranched alkanes of at least 4 members (excludes halogenated alkanes) is 6.